The highest BCUT2D eigenvalue weighted by Gasteiger charge is 2.62. The van der Waals surface area contributed by atoms with Gasteiger partial charge in [-0.15, -0.1) is 0 Å². The van der Waals surface area contributed by atoms with Crippen LogP contribution in [0.4, 0.5) is 4.79 Å². The van der Waals surface area contributed by atoms with Crippen LogP contribution in [0.15, 0.2) is 18.2 Å². The van der Waals surface area contributed by atoms with Crippen molar-refractivity contribution in [3.05, 3.63) is 34.9 Å². The minimum Gasteiger partial charge on any atom is -0.449 e. The first-order chi connectivity index (χ1) is 24.8. The quantitative estimate of drug-likeness (QED) is 0.392. The monoisotopic (exact) mass is 755 g/mol. The molecule has 2 aliphatic carbocycles. The molecule has 4 bridgehead atoms. The third-order valence-corrected chi connectivity index (χ3v) is 13.8. The van der Waals surface area contributed by atoms with Gasteiger partial charge in [-0.3, -0.25) is 23.9 Å². The molecular weight excluding hydrogens is 699 g/mol. The van der Waals surface area contributed by atoms with Gasteiger partial charge in [-0.25, -0.2) is 13.2 Å². The van der Waals surface area contributed by atoms with E-state index in [0.29, 0.717) is 32.4 Å². The van der Waals surface area contributed by atoms with Crippen LogP contribution in [0, 0.1) is 22.7 Å². The summed E-state index contributed by atoms with van der Waals surface area (Å²) < 4.78 is 33.4. The molecule has 1 aromatic carbocycles. The van der Waals surface area contributed by atoms with Crippen LogP contribution in [0.1, 0.15) is 116 Å². The fourth-order valence-electron chi connectivity index (χ4n) is 8.36. The maximum atomic E-state index is 14.6. The van der Waals surface area contributed by atoms with Gasteiger partial charge in [0.2, 0.25) is 27.7 Å². The van der Waals surface area contributed by atoms with E-state index in [2.05, 4.69) is 27.5 Å². The lowest BCUT2D eigenvalue weighted by atomic mass is 9.85. The van der Waals surface area contributed by atoms with Gasteiger partial charge in [0.05, 0.1) is 11.9 Å². The fourth-order valence-corrected chi connectivity index (χ4v) is 9.73. The fraction of sp³-hybridized carbons (Fsp3) is 0.718. The third kappa shape index (κ3) is 8.52. The zero-order valence-electron chi connectivity index (χ0n) is 32.1. The van der Waals surface area contributed by atoms with E-state index in [1.54, 1.807) is 0 Å². The normalized spacial score (nSPS) is 29.6. The van der Waals surface area contributed by atoms with Gasteiger partial charge in [0.25, 0.3) is 5.91 Å². The van der Waals surface area contributed by atoms with Crippen LogP contribution in [0.5, 0.6) is 0 Å². The van der Waals surface area contributed by atoms with E-state index in [9.17, 15) is 32.4 Å². The van der Waals surface area contributed by atoms with Crippen molar-refractivity contribution < 1.29 is 37.1 Å². The Morgan fingerprint density at radius 3 is 2.43 bits per heavy atom. The van der Waals surface area contributed by atoms with Crippen molar-refractivity contribution in [1.29, 1.82) is 0 Å². The summed E-state index contributed by atoms with van der Waals surface area (Å²) in [4.78, 5) is 72.8. The number of carbonyl (C=O) groups excluding carboxylic acids is 5. The summed E-state index contributed by atoms with van der Waals surface area (Å²) in [7, 11) is -3.86. The first-order valence-electron chi connectivity index (χ1n) is 19.3. The molecule has 0 aromatic heterocycles. The Kier molecular flexibility index (Phi) is 10.7. The molecule has 0 radical (unpaired) electrons. The van der Waals surface area contributed by atoms with Gasteiger partial charge >= 0.3 is 6.09 Å². The molecule has 3 aliphatic heterocycles. The van der Waals surface area contributed by atoms with Gasteiger partial charge in [-0.1, -0.05) is 72.6 Å². The lowest BCUT2D eigenvalue weighted by Crippen LogP contribution is -2.60. The zero-order chi connectivity index (χ0) is 38.5. The minimum atomic E-state index is -3.86. The number of benzene rings is 1. The Morgan fingerprint density at radius 2 is 1.77 bits per heavy atom. The van der Waals surface area contributed by atoms with E-state index in [1.807, 2.05) is 52.5 Å². The molecule has 1 unspecified atom stereocenters. The zero-order valence-corrected chi connectivity index (χ0v) is 32.9. The molecule has 53 heavy (non-hydrogen) atoms. The van der Waals surface area contributed by atoms with Gasteiger partial charge in [0.15, 0.2) is 0 Å². The van der Waals surface area contributed by atoms with Crippen LogP contribution in [0.25, 0.3) is 0 Å². The van der Waals surface area contributed by atoms with Crippen LogP contribution >= 0.6 is 0 Å². The molecule has 3 heterocycles. The van der Waals surface area contributed by atoms with Crippen molar-refractivity contribution in [2.24, 2.45) is 22.7 Å². The van der Waals surface area contributed by atoms with E-state index in [4.69, 9.17) is 4.74 Å². The summed E-state index contributed by atoms with van der Waals surface area (Å²) in [5.74, 6) is -2.55. The number of cyclic esters (lactones) is 1. The molecule has 14 heteroatoms. The predicted molar refractivity (Wildman–Crippen MR) is 197 cm³/mol. The summed E-state index contributed by atoms with van der Waals surface area (Å²) in [6.45, 7) is 12.7. The SMILES string of the molecule is CC[C@@H]1C[C@]1(NC(=O)[C@@H]1CC2CC(=O)N3Cc4cccc(c4C3)CCCCC(C)(C)COC(=O)N[C@@H](C(C)(C)C)C(=O)N1C2)C(=O)NS(=O)(=O)C1CC1. The van der Waals surface area contributed by atoms with Gasteiger partial charge in [0, 0.05) is 26.1 Å². The molecule has 3 N–H and O–H groups in total. The summed E-state index contributed by atoms with van der Waals surface area (Å²) in [6, 6.07) is 4.12. The van der Waals surface area contributed by atoms with E-state index in [1.165, 1.54) is 16.0 Å². The number of hydrogen-bond acceptors (Lipinski definition) is 8. The maximum absolute atomic E-state index is 14.6. The Labute approximate surface area is 313 Å². The van der Waals surface area contributed by atoms with Gasteiger partial charge in [-0.2, -0.15) is 0 Å². The number of amides is 5. The molecular formula is C39H57N5O8S. The summed E-state index contributed by atoms with van der Waals surface area (Å²) >= 11 is 0. The summed E-state index contributed by atoms with van der Waals surface area (Å²) in [6.07, 6.45) is 4.94. The van der Waals surface area contributed by atoms with Crippen molar-refractivity contribution >= 4 is 39.7 Å². The highest BCUT2D eigenvalue weighted by molar-refractivity contribution is 7.91. The highest BCUT2D eigenvalue weighted by atomic mass is 32.2. The average Bonchev–Trinajstić information content (AvgIpc) is 3.97. The van der Waals surface area contributed by atoms with E-state index in [0.717, 1.165) is 31.2 Å². The number of carbonyl (C=O) groups is 5. The molecule has 5 atom stereocenters. The topological polar surface area (TPSA) is 171 Å². The van der Waals surface area contributed by atoms with Crippen molar-refractivity contribution in [3.63, 3.8) is 0 Å². The summed E-state index contributed by atoms with van der Waals surface area (Å²) in [5, 5.41) is 5.06. The van der Waals surface area contributed by atoms with Crippen molar-refractivity contribution in [2.45, 2.75) is 142 Å². The molecule has 3 fully saturated rings. The first-order valence-corrected chi connectivity index (χ1v) is 20.9. The minimum absolute atomic E-state index is 0.0646. The van der Waals surface area contributed by atoms with Crippen LogP contribution in [0.2, 0.25) is 0 Å². The van der Waals surface area contributed by atoms with Gasteiger partial charge in [-0.05, 0) is 84.3 Å². The van der Waals surface area contributed by atoms with Crippen LogP contribution in [-0.2, 0) is 53.4 Å². The average molecular weight is 756 g/mol. The van der Waals surface area contributed by atoms with Gasteiger partial charge in [0.1, 0.15) is 17.6 Å². The third-order valence-electron chi connectivity index (χ3n) is 11.9. The van der Waals surface area contributed by atoms with E-state index < -0.39 is 62.1 Å². The van der Waals surface area contributed by atoms with E-state index in [-0.39, 0.29) is 55.6 Å². The first kappa shape index (κ1) is 39.0. The van der Waals surface area contributed by atoms with Crippen LogP contribution < -0.4 is 15.4 Å². The molecule has 5 aliphatic rings. The molecule has 1 aromatic rings. The van der Waals surface area contributed by atoms with Crippen molar-refractivity contribution in [3.8, 4) is 0 Å². The maximum Gasteiger partial charge on any atom is 0.407 e. The highest BCUT2D eigenvalue weighted by Crippen LogP contribution is 2.47. The Morgan fingerprint density at radius 1 is 1.06 bits per heavy atom. The standard InChI is InChI=1S/C39H57N5O8S/c1-7-27-19-39(27,35(48)42-53(50,51)28-14-15-28)41-33(46)30-17-24-18-31(45)43-21-26-13-10-12-25(29(26)22-43)11-8-9-16-38(5,6)23-52-36(49)40-32(37(2,3)4)34(47)44(30)20-24/h10,12-13,24,27-28,30,32H,7-9,11,14-23H2,1-6H3,(H,40,49)(H,41,46)(H,42,48)/t24?,27-,30+,32-,39-/m1/s1. The second-order valence-corrected chi connectivity index (χ2v) is 19.9. The van der Waals surface area contributed by atoms with Crippen molar-refractivity contribution in [1.82, 2.24) is 25.2 Å². The van der Waals surface area contributed by atoms with E-state index >= 15 is 0 Å². The Hall–Kier alpha value is -3.68. The molecule has 6 rings (SSSR count). The number of sulfonamides is 1. The van der Waals surface area contributed by atoms with Crippen LogP contribution in [-0.4, -0.2) is 84.0 Å². The number of rotatable bonds is 6. The second kappa shape index (κ2) is 14.5. The molecule has 292 valence electrons. The van der Waals surface area contributed by atoms with Crippen molar-refractivity contribution in [2.75, 3.05) is 13.2 Å². The summed E-state index contributed by atoms with van der Waals surface area (Å²) in [5.41, 5.74) is 1.06. The molecule has 1 saturated heterocycles. The number of aryl methyl sites for hydroxylation is 1. The molecule has 13 nitrogen and oxygen atoms in total. The van der Waals surface area contributed by atoms with Gasteiger partial charge < -0.3 is 25.2 Å². The number of nitrogens with zero attached hydrogens (tertiary/aromatic N) is 2. The Balaban J connectivity index is 1.28. The van der Waals surface area contributed by atoms with Crippen LogP contribution in [0.3, 0.4) is 0 Å². The number of ether oxygens (including phenoxy) is 1. The lowest BCUT2D eigenvalue weighted by Gasteiger charge is -2.36. The Bertz CT molecular complexity index is 1750. The predicted octanol–water partition coefficient (Wildman–Crippen LogP) is 3.92. The number of fused-ring (bicyclic) bond motifs is 3. The lowest BCUT2D eigenvalue weighted by molar-refractivity contribution is -0.143. The second-order valence-electron chi connectivity index (χ2n) is 18.0. The molecule has 2 saturated carbocycles. The number of alkyl carbamates (subject to hydrolysis) is 1. The molecule has 5 amide bonds. The number of nitrogens with one attached hydrogen (secondary N) is 3. The molecule has 0 spiro atoms. The number of hydrogen-bond donors (Lipinski definition) is 3. The smallest absolute Gasteiger partial charge is 0.407 e. The largest absolute Gasteiger partial charge is 0.449 e.